The van der Waals surface area contributed by atoms with Gasteiger partial charge >= 0.3 is 0 Å². The number of ether oxygens (including phenoxy) is 1. The molecule has 1 N–H and O–H groups in total. The largest absolute Gasteiger partial charge is 0.389 e. The van der Waals surface area contributed by atoms with E-state index in [0.29, 0.717) is 13.2 Å². The van der Waals surface area contributed by atoms with Crippen LogP contribution in [0.5, 0.6) is 0 Å². The molecule has 0 aliphatic carbocycles. The van der Waals surface area contributed by atoms with E-state index in [1.165, 1.54) is 0 Å². The molecule has 0 saturated carbocycles. The molecule has 2 rings (SSSR count). The SMILES string of the molecule is Cc1csc(SC2COCC2O)n1. The van der Waals surface area contributed by atoms with E-state index in [-0.39, 0.29) is 11.4 Å². The molecule has 0 radical (unpaired) electrons. The Balaban J connectivity index is 1.97. The Morgan fingerprint density at radius 3 is 3.08 bits per heavy atom. The van der Waals surface area contributed by atoms with E-state index in [4.69, 9.17) is 4.74 Å². The van der Waals surface area contributed by atoms with Crippen LogP contribution in [0.15, 0.2) is 9.72 Å². The van der Waals surface area contributed by atoms with Gasteiger partial charge in [0, 0.05) is 11.1 Å². The highest BCUT2D eigenvalue weighted by Gasteiger charge is 2.27. The number of thiazole rings is 1. The van der Waals surface area contributed by atoms with Gasteiger partial charge in [0.2, 0.25) is 0 Å². The first-order chi connectivity index (χ1) is 6.25. The van der Waals surface area contributed by atoms with Crippen LogP contribution in [0.2, 0.25) is 0 Å². The van der Waals surface area contributed by atoms with Crippen molar-refractivity contribution in [2.75, 3.05) is 13.2 Å². The van der Waals surface area contributed by atoms with Gasteiger partial charge in [-0.3, -0.25) is 0 Å². The van der Waals surface area contributed by atoms with E-state index in [0.717, 1.165) is 10.0 Å². The predicted octanol–water partition coefficient (Wildman–Crippen LogP) is 1.30. The molecule has 2 heterocycles. The molecule has 1 aromatic rings. The maximum absolute atomic E-state index is 9.49. The van der Waals surface area contributed by atoms with Crippen molar-refractivity contribution in [2.45, 2.75) is 22.6 Å². The van der Waals surface area contributed by atoms with Crippen LogP contribution >= 0.6 is 23.1 Å². The second kappa shape index (κ2) is 3.96. The summed E-state index contributed by atoms with van der Waals surface area (Å²) in [5.74, 6) is 0. The van der Waals surface area contributed by atoms with Crippen molar-refractivity contribution in [1.82, 2.24) is 4.98 Å². The van der Waals surface area contributed by atoms with Crippen molar-refractivity contribution < 1.29 is 9.84 Å². The molecule has 2 atom stereocenters. The first-order valence-corrected chi connectivity index (χ1v) is 5.86. The topological polar surface area (TPSA) is 42.4 Å². The molecular formula is C8H11NO2S2. The molecule has 1 saturated heterocycles. The summed E-state index contributed by atoms with van der Waals surface area (Å²) in [6, 6.07) is 0. The Bertz CT molecular complexity index is 289. The highest BCUT2D eigenvalue weighted by Crippen LogP contribution is 2.30. The van der Waals surface area contributed by atoms with Crippen LogP contribution in [-0.2, 0) is 4.74 Å². The number of aryl methyl sites for hydroxylation is 1. The summed E-state index contributed by atoms with van der Waals surface area (Å²) < 4.78 is 6.17. The molecule has 0 amide bonds. The molecule has 0 bridgehead atoms. The smallest absolute Gasteiger partial charge is 0.150 e. The molecule has 1 aromatic heterocycles. The van der Waals surface area contributed by atoms with E-state index in [2.05, 4.69) is 4.98 Å². The third-order valence-electron chi connectivity index (χ3n) is 1.85. The number of nitrogens with zero attached hydrogens (tertiary/aromatic N) is 1. The first-order valence-electron chi connectivity index (χ1n) is 4.10. The van der Waals surface area contributed by atoms with E-state index in [1.807, 2.05) is 12.3 Å². The molecule has 0 aromatic carbocycles. The van der Waals surface area contributed by atoms with Crippen molar-refractivity contribution >= 4 is 23.1 Å². The van der Waals surface area contributed by atoms with Crippen LogP contribution in [0, 0.1) is 6.92 Å². The lowest BCUT2D eigenvalue weighted by Crippen LogP contribution is -2.19. The van der Waals surface area contributed by atoms with Gasteiger partial charge in [-0.05, 0) is 6.92 Å². The monoisotopic (exact) mass is 217 g/mol. The van der Waals surface area contributed by atoms with Gasteiger partial charge in [0.05, 0.1) is 24.6 Å². The quantitative estimate of drug-likeness (QED) is 0.811. The second-order valence-corrected chi connectivity index (χ2v) is 5.36. The zero-order valence-electron chi connectivity index (χ0n) is 7.27. The van der Waals surface area contributed by atoms with E-state index in [9.17, 15) is 5.11 Å². The van der Waals surface area contributed by atoms with Gasteiger partial charge in [-0.25, -0.2) is 4.98 Å². The summed E-state index contributed by atoms with van der Waals surface area (Å²) in [5, 5.41) is 11.7. The van der Waals surface area contributed by atoms with Crippen molar-refractivity contribution in [2.24, 2.45) is 0 Å². The van der Waals surface area contributed by atoms with Gasteiger partial charge in [-0.2, -0.15) is 0 Å². The molecule has 1 aliphatic rings. The third-order valence-corrected chi connectivity index (χ3v) is 4.23. The summed E-state index contributed by atoms with van der Waals surface area (Å²) in [6.45, 7) is 3.06. The summed E-state index contributed by atoms with van der Waals surface area (Å²) in [7, 11) is 0. The Hall–Kier alpha value is -0.100. The number of hydrogen-bond acceptors (Lipinski definition) is 5. The zero-order chi connectivity index (χ0) is 9.26. The molecule has 72 valence electrons. The Labute approximate surface area is 85.1 Å². The van der Waals surface area contributed by atoms with E-state index < -0.39 is 0 Å². The lowest BCUT2D eigenvalue weighted by Gasteiger charge is -2.08. The van der Waals surface area contributed by atoms with Crippen molar-refractivity contribution in [1.29, 1.82) is 0 Å². The number of aliphatic hydroxyl groups excluding tert-OH is 1. The lowest BCUT2D eigenvalue weighted by atomic mass is 10.3. The van der Waals surface area contributed by atoms with Gasteiger partial charge < -0.3 is 9.84 Å². The van der Waals surface area contributed by atoms with Gasteiger partial charge in [-0.15, -0.1) is 11.3 Å². The van der Waals surface area contributed by atoms with Crippen LogP contribution < -0.4 is 0 Å². The summed E-state index contributed by atoms with van der Waals surface area (Å²) in [6.07, 6.45) is -0.339. The Morgan fingerprint density at radius 1 is 1.69 bits per heavy atom. The Morgan fingerprint density at radius 2 is 2.54 bits per heavy atom. The summed E-state index contributed by atoms with van der Waals surface area (Å²) in [4.78, 5) is 4.32. The molecule has 3 nitrogen and oxygen atoms in total. The molecule has 2 unspecified atom stereocenters. The molecule has 5 heteroatoms. The number of rotatable bonds is 2. The highest BCUT2D eigenvalue weighted by molar-refractivity contribution is 8.01. The molecule has 13 heavy (non-hydrogen) atoms. The van der Waals surface area contributed by atoms with Gasteiger partial charge in [0.1, 0.15) is 0 Å². The summed E-state index contributed by atoms with van der Waals surface area (Å²) >= 11 is 3.24. The normalized spacial score (nSPS) is 28.2. The summed E-state index contributed by atoms with van der Waals surface area (Å²) in [5.41, 5.74) is 1.04. The molecule has 0 spiro atoms. The predicted molar refractivity (Wildman–Crippen MR) is 53.3 cm³/mol. The molecular weight excluding hydrogens is 206 g/mol. The number of aliphatic hydroxyl groups is 1. The van der Waals surface area contributed by atoms with Gasteiger partial charge in [0.25, 0.3) is 0 Å². The first kappa shape index (κ1) is 9.45. The highest BCUT2D eigenvalue weighted by atomic mass is 32.2. The average molecular weight is 217 g/mol. The van der Waals surface area contributed by atoms with Crippen LogP contribution in [-0.4, -0.2) is 34.7 Å². The van der Waals surface area contributed by atoms with Crippen LogP contribution in [0.3, 0.4) is 0 Å². The van der Waals surface area contributed by atoms with Crippen molar-refractivity contribution in [3.05, 3.63) is 11.1 Å². The maximum Gasteiger partial charge on any atom is 0.150 e. The van der Waals surface area contributed by atoms with Crippen molar-refractivity contribution in [3.8, 4) is 0 Å². The number of aromatic nitrogens is 1. The Kier molecular flexibility index (Phi) is 2.88. The minimum absolute atomic E-state index is 0.158. The second-order valence-electron chi connectivity index (χ2n) is 3.02. The number of thioether (sulfide) groups is 1. The lowest BCUT2D eigenvalue weighted by molar-refractivity contribution is 0.127. The van der Waals surface area contributed by atoms with Gasteiger partial charge in [-0.1, -0.05) is 11.8 Å². The van der Waals surface area contributed by atoms with E-state index in [1.54, 1.807) is 23.1 Å². The molecule has 1 fully saturated rings. The minimum atomic E-state index is -0.339. The van der Waals surface area contributed by atoms with Gasteiger partial charge in [0.15, 0.2) is 4.34 Å². The standard InChI is InChI=1S/C8H11NO2S2/c1-5-4-12-8(9-5)13-7-3-11-2-6(7)10/h4,6-7,10H,2-3H2,1H3. The average Bonchev–Trinajstić information content (AvgIpc) is 2.64. The zero-order valence-corrected chi connectivity index (χ0v) is 8.90. The maximum atomic E-state index is 9.49. The minimum Gasteiger partial charge on any atom is -0.389 e. The fourth-order valence-electron chi connectivity index (χ4n) is 1.15. The van der Waals surface area contributed by atoms with Crippen LogP contribution in [0.1, 0.15) is 5.69 Å². The van der Waals surface area contributed by atoms with Crippen molar-refractivity contribution in [3.63, 3.8) is 0 Å². The molecule has 1 aliphatic heterocycles. The third kappa shape index (κ3) is 2.22. The fraction of sp³-hybridized carbons (Fsp3) is 0.625. The van der Waals surface area contributed by atoms with Crippen LogP contribution in [0.4, 0.5) is 0 Å². The number of hydrogen-bond donors (Lipinski definition) is 1. The van der Waals surface area contributed by atoms with Crippen LogP contribution in [0.25, 0.3) is 0 Å². The van der Waals surface area contributed by atoms with E-state index >= 15 is 0 Å². The fourth-order valence-corrected chi connectivity index (χ4v) is 3.27.